The molecule has 0 aliphatic carbocycles. The number of hydrogen-bond donors (Lipinski definition) is 0. The van der Waals surface area contributed by atoms with Gasteiger partial charge in [0, 0.05) is 25.2 Å². The van der Waals surface area contributed by atoms with Crippen LogP contribution in [-0.4, -0.2) is 44.3 Å². The Bertz CT molecular complexity index is 735. The first-order valence-electron chi connectivity index (χ1n) is 8.80. The molecule has 0 radical (unpaired) electrons. The van der Waals surface area contributed by atoms with Crippen LogP contribution in [0.3, 0.4) is 0 Å². The maximum atomic E-state index is 12.6. The number of rotatable bonds is 6. The summed E-state index contributed by atoms with van der Waals surface area (Å²) in [6.45, 7) is 4.44. The zero-order valence-corrected chi connectivity index (χ0v) is 15.5. The third kappa shape index (κ3) is 4.17. The van der Waals surface area contributed by atoms with Gasteiger partial charge in [-0.1, -0.05) is 30.3 Å². The molecule has 0 amide bonds. The molecule has 5 heteroatoms. The van der Waals surface area contributed by atoms with Crippen LogP contribution < -0.4 is 9.47 Å². The van der Waals surface area contributed by atoms with Crippen molar-refractivity contribution >= 4 is 5.97 Å². The molecular weight excluding hydrogens is 330 g/mol. The minimum Gasteiger partial charge on any atom is -0.496 e. The zero-order chi connectivity index (χ0) is 18.5. The van der Waals surface area contributed by atoms with Gasteiger partial charge in [0.05, 0.1) is 19.8 Å². The van der Waals surface area contributed by atoms with E-state index < -0.39 is 0 Å². The molecular formula is C21H25NO4. The summed E-state index contributed by atoms with van der Waals surface area (Å²) in [5.74, 6) is 0.898. The van der Waals surface area contributed by atoms with E-state index in [1.54, 1.807) is 26.4 Å². The average molecular weight is 355 g/mol. The van der Waals surface area contributed by atoms with Gasteiger partial charge in [-0.05, 0) is 31.0 Å². The number of likely N-dealkylation sites (tertiary alicyclic amines) is 1. The molecule has 1 saturated heterocycles. The van der Waals surface area contributed by atoms with Gasteiger partial charge in [0.25, 0.3) is 0 Å². The highest BCUT2D eigenvalue weighted by molar-refractivity contribution is 5.91. The van der Waals surface area contributed by atoms with Gasteiger partial charge in [0.1, 0.15) is 17.6 Å². The smallest absolute Gasteiger partial charge is 0.338 e. The summed E-state index contributed by atoms with van der Waals surface area (Å²) in [7, 11) is 3.16. The Morgan fingerprint density at radius 2 is 1.77 bits per heavy atom. The molecule has 3 rings (SSSR count). The molecule has 1 fully saturated rings. The summed E-state index contributed by atoms with van der Waals surface area (Å²) < 4.78 is 16.4. The van der Waals surface area contributed by atoms with E-state index in [-0.39, 0.29) is 12.1 Å². The first-order valence-corrected chi connectivity index (χ1v) is 8.80. The molecule has 138 valence electrons. The molecule has 0 spiro atoms. The molecule has 0 bridgehead atoms. The highest BCUT2D eigenvalue weighted by Gasteiger charge is 2.26. The van der Waals surface area contributed by atoms with Gasteiger partial charge in [0.15, 0.2) is 0 Å². The minimum absolute atomic E-state index is 0.0931. The quantitative estimate of drug-likeness (QED) is 0.743. The molecule has 1 atom stereocenters. The standard InChI is InChI=1S/C21H25NO4/c1-15-19(24-2)11-17(12-20(15)25-3)21(23)26-18-9-10-22(14-18)13-16-7-5-4-6-8-16/h4-8,11-12,18H,9-10,13-14H2,1-3H3/t18-/m1/s1. The number of methoxy groups -OCH3 is 2. The first-order chi connectivity index (χ1) is 12.6. The lowest BCUT2D eigenvalue weighted by Gasteiger charge is -2.17. The van der Waals surface area contributed by atoms with Gasteiger partial charge in [-0.25, -0.2) is 4.79 Å². The van der Waals surface area contributed by atoms with Crippen molar-refractivity contribution in [3.8, 4) is 11.5 Å². The SMILES string of the molecule is COc1cc(C(=O)O[C@@H]2CCN(Cc3ccccc3)C2)cc(OC)c1C. The number of esters is 1. The molecule has 2 aromatic rings. The van der Waals surface area contributed by atoms with Crippen LogP contribution in [-0.2, 0) is 11.3 Å². The number of carbonyl (C=O) groups is 1. The topological polar surface area (TPSA) is 48.0 Å². The van der Waals surface area contributed by atoms with Crippen LogP contribution in [0, 0.1) is 6.92 Å². The van der Waals surface area contributed by atoms with Crippen molar-refractivity contribution in [3.05, 3.63) is 59.2 Å². The van der Waals surface area contributed by atoms with E-state index in [1.807, 2.05) is 25.1 Å². The fraction of sp³-hybridized carbons (Fsp3) is 0.381. The Labute approximate surface area is 154 Å². The maximum Gasteiger partial charge on any atom is 0.338 e. The van der Waals surface area contributed by atoms with Crippen molar-refractivity contribution in [2.75, 3.05) is 27.3 Å². The van der Waals surface area contributed by atoms with Crippen molar-refractivity contribution in [1.82, 2.24) is 4.90 Å². The lowest BCUT2D eigenvalue weighted by Crippen LogP contribution is -2.24. The van der Waals surface area contributed by atoms with E-state index >= 15 is 0 Å². The van der Waals surface area contributed by atoms with E-state index in [1.165, 1.54) is 5.56 Å². The predicted molar refractivity (Wildman–Crippen MR) is 99.8 cm³/mol. The van der Waals surface area contributed by atoms with Crippen LogP contribution in [0.25, 0.3) is 0 Å². The summed E-state index contributed by atoms with van der Waals surface area (Å²) in [6.07, 6.45) is 0.753. The molecule has 0 N–H and O–H groups in total. The predicted octanol–water partition coefficient (Wildman–Crippen LogP) is 3.44. The molecule has 1 heterocycles. The summed E-state index contributed by atoms with van der Waals surface area (Å²) in [4.78, 5) is 14.9. The van der Waals surface area contributed by atoms with Crippen molar-refractivity contribution < 1.29 is 19.0 Å². The van der Waals surface area contributed by atoms with E-state index in [0.29, 0.717) is 17.1 Å². The molecule has 5 nitrogen and oxygen atoms in total. The van der Waals surface area contributed by atoms with Crippen LogP contribution >= 0.6 is 0 Å². The lowest BCUT2D eigenvalue weighted by atomic mass is 10.1. The van der Waals surface area contributed by atoms with E-state index in [9.17, 15) is 4.79 Å². The van der Waals surface area contributed by atoms with Crippen molar-refractivity contribution in [3.63, 3.8) is 0 Å². The Morgan fingerprint density at radius 1 is 1.12 bits per heavy atom. The Hall–Kier alpha value is -2.53. The Morgan fingerprint density at radius 3 is 2.38 bits per heavy atom. The minimum atomic E-state index is -0.340. The number of nitrogens with zero attached hydrogens (tertiary/aromatic N) is 1. The van der Waals surface area contributed by atoms with Gasteiger partial charge in [-0.3, -0.25) is 4.90 Å². The molecule has 0 aromatic heterocycles. The Balaban J connectivity index is 1.62. The fourth-order valence-electron chi connectivity index (χ4n) is 3.30. The number of carbonyl (C=O) groups excluding carboxylic acids is 1. The van der Waals surface area contributed by atoms with Crippen LogP contribution in [0.5, 0.6) is 11.5 Å². The summed E-state index contributed by atoms with van der Waals surface area (Å²) >= 11 is 0. The van der Waals surface area contributed by atoms with Gasteiger partial charge in [-0.2, -0.15) is 0 Å². The van der Waals surface area contributed by atoms with Crippen LogP contribution in [0.1, 0.15) is 27.9 Å². The van der Waals surface area contributed by atoms with Crippen LogP contribution in [0.15, 0.2) is 42.5 Å². The number of ether oxygens (including phenoxy) is 3. The largest absolute Gasteiger partial charge is 0.496 e. The lowest BCUT2D eigenvalue weighted by molar-refractivity contribution is 0.0320. The van der Waals surface area contributed by atoms with Crippen LogP contribution in [0.2, 0.25) is 0 Å². The molecule has 26 heavy (non-hydrogen) atoms. The van der Waals surface area contributed by atoms with Gasteiger partial charge in [-0.15, -0.1) is 0 Å². The van der Waals surface area contributed by atoms with Gasteiger partial charge < -0.3 is 14.2 Å². The zero-order valence-electron chi connectivity index (χ0n) is 15.5. The second kappa shape index (κ2) is 8.23. The summed E-state index contributed by atoms with van der Waals surface area (Å²) in [5.41, 5.74) is 2.58. The molecule has 1 aliphatic rings. The third-order valence-corrected chi connectivity index (χ3v) is 4.74. The van der Waals surface area contributed by atoms with Crippen molar-refractivity contribution in [1.29, 1.82) is 0 Å². The molecule has 1 aliphatic heterocycles. The number of benzene rings is 2. The van der Waals surface area contributed by atoms with Crippen LogP contribution in [0.4, 0.5) is 0 Å². The fourth-order valence-corrected chi connectivity index (χ4v) is 3.30. The second-order valence-electron chi connectivity index (χ2n) is 6.54. The molecule has 0 unspecified atom stereocenters. The van der Waals surface area contributed by atoms with Gasteiger partial charge in [0.2, 0.25) is 0 Å². The molecule has 2 aromatic carbocycles. The van der Waals surface area contributed by atoms with Crippen molar-refractivity contribution in [2.45, 2.75) is 26.0 Å². The highest BCUT2D eigenvalue weighted by Crippen LogP contribution is 2.30. The van der Waals surface area contributed by atoms with E-state index in [2.05, 4.69) is 17.0 Å². The highest BCUT2D eigenvalue weighted by atomic mass is 16.5. The molecule has 0 saturated carbocycles. The average Bonchev–Trinajstić information content (AvgIpc) is 3.09. The van der Waals surface area contributed by atoms with E-state index in [4.69, 9.17) is 14.2 Å². The summed E-state index contributed by atoms with van der Waals surface area (Å²) in [6, 6.07) is 13.7. The monoisotopic (exact) mass is 355 g/mol. The number of hydrogen-bond acceptors (Lipinski definition) is 5. The van der Waals surface area contributed by atoms with Crippen molar-refractivity contribution in [2.24, 2.45) is 0 Å². The second-order valence-corrected chi connectivity index (χ2v) is 6.54. The first kappa shape index (κ1) is 18.3. The summed E-state index contributed by atoms with van der Waals surface area (Å²) in [5, 5.41) is 0. The van der Waals surface area contributed by atoms with Gasteiger partial charge >= 0.3 is 5.97 Å². The maximum absolute atomic E-state index is 12.6. The normalized spacial score (nSPS) is 17.1. The Kier molecular flexibility index (Phi) is 5.78. The third-order valence-electron chi connectivity index (χ3n) is 4.74. The van der Waals surface area contributed by atoms with E-state index in [0.717, 1.165) is 31.6 Å².